The lowest BCUT2D eigenvalue weighted by Gasteiger charge is -2.24. The van der Waals surface area contributed by atoms with E-state index in [-0.39, 0.29) is 6.61 Å². The van der Waals surface area contributed by atoms with Crippen molar-refractivity contribution in [2.45, 2.75) is 12.2 Å². The van der Waals surface area contributed by atoms with Crippen LogP contribution < -0.4 is 0 Å². The van der Waals surface area contributed by atoms with Crippen molar-refractivity contribution in [3.8, 4) is 0 Å². The van der Waals surface area contributed by atoms with Gasteiger partial charge in [0.2, 0.25) is 0 Å². The normalized spacial score (nSPS) is 37.7. The summed E-state index contributed by atoms with van der Waals surface area (Å²) in [6.45, 7) is -0.262. The Bertz CT molecular complexity index is 187. The van der Waals surface area contributed by atoms with Crippen LogP contribution in [0.25, 0.3) is 0 Å². The van der Waals surface area contributed by atoms with E-state index in [0.717, 1.165) is 0 Å². The molecule has 0 saturated carbocycles. The molecule has 0 heterocycles. The summed E-state index contributed by atoms with van der Waals surface area (Å²) < 4.78 is 0. The average molecular weight is 158 g/mol. The molecule has 1 aliphatic rings. The van der Waals surface area contributed by atoms with Gasteiger partial charge < -0.3 is 15.3 Å². The molecule has 0 fully saturated rings. The van der Waals surface area contributed by atoms with Gasteiger partial charge >= 0.3 is 0 Å². The van der Waals surface area contributed by atoms with E-state index < -0.39 is 23.9 Å². The second-order valence-electron chi connectivity index (χ2n) is 2.54. The number of rotatable bonds is 1. The van der Waals surface area contributed by atoms with E-state index in [1.54, 1.807) is 0 Å². The highest BCUT2D eigenvalue weighted by atomic mass is 16.3. The lowest BCUT2D eigenvalue weighted by atomic mass is 9.90. The van der Waals surface area contributed by atoms with Crippen LogP contribution in [0.3, 0.4) is 0 Å². The van der Waals surface area contributed by atoms with Crippen LogP contribution in [0.1, 0.15) is 0 Å². The summed E-state index contributed by atoms with van der Waals surface area (Å²) in [5.41, 5.74) is 0. The van der Waals surface area contributed by atoms with Crippen molar-refractivity contribution in [2.75, 3.05) is 6.61 Å². The maximum absolute atomic E-state index is 10.7. The largest absolute Gasteiger partial charge is 0.396 e. The van der Waals surface area contributed by atoms with Gasteiger partial charge in [0.1, 0.15) is 6.10 Å². The molecule has 0 bridgehead atoms. The Balaban J connectivity index is 2.76. The second kappa shape index (κ2) is 3.13. The Labute approximate surface area is 63.8 Å². The third kappa shape index (κ3) is 1.48. The number of aliphatic hydroxyl groups excluding tert-OH is 3. The molecular weight excluding hydrogens is 148 g/mol. The van der Waals surface area contributed by atoms with Crippen molar-refractivity contribution in [3.05, 3.63) is 12.2 Å². The number of carbonyl (C=O) groups is 1. The summed E-state index contributed by atoms with van der Waals surface area (Å²) in [4.78, 5) is 10.7. The minimum atomic E-state index is -1.38. The summed E-state index contributed by atoms with van der Waals surface area (Å²) in [6, 6.07) is 0. The fraction of sp³-hybridized carbons (Fsp3) is 0.571. The Morgan fingerprint density at radius 1 is 1.45 bits per heavy atom. The molecule has 4 nitrogen and oxygen atoms in total. The summed E-state index contributed by atoms with van der Waals surface area (Å²) in [7, 11) is 0. The molecule has 62 valence electrons. The van der Waals surface area contributed by atoms with Crippen LogP contribution in [-0.2, 0) is 4.79 Å². The van der Waals surface area contributed by atoms with E-state index in [0.29, 0.717) is 0 Å². The molecule has 1 rings (SSSR count). The van der Waals surface area contributed by atoms with Gasteiger partial charge in [0, 0.05) is 5.92 Å². The molecular formula is C7H10O4. The number of hydrogen-bond donors (Lipinski definition) is 3. The van der Waals surface area contributed by atoms with E-state index >= 15 is 0 Å². The molecule has 0 aromatic carbocycles. The van der Waals surface area contributed by atoms with Crippen molar-refractivity contribution in [1.82, 2.24) is 0 Å². The number of ketones is 1. The van der Waals surface area contributed by atoms with E-state index in [1.807, 2.05) is 0 Å². The summed E-state index contributed by atoms with van der Waals surface area (Å²) >= 11 is 0. The van der Waals surface area contributed by atoms with Gasteiger partial charge in [-0.1, -0.05) is 6.08 Å². The van der Waals surface area contributed by atoms with Crippen LogP contribution in [0.2, 0.25) is 0 Å². The predicted molar refractivity (Wildman–Crippen MR) is 36.7 cm³/mol. The Morgan fingerprint density at radius 2 is 2.09 bits per heavy atom. The molecule has 1 aliphatic carbocycles. The third-order valence-electron chi connectivity index (χ3n) is 1.77. The highest BCUT2D eigenvalue weighted by Gasteiger charge is 2.31. The van der Waals surface area contributed by atoms with Crippen LogP contribution in [0.4, 0.5) is 0 Å². The summed E-state index contributed by atoms with van der Waals surface area (Å²) in [6.07, 6.45) is 0.0347. The SMILES string of the molecule is O=C1C=CC(CO)C(O)C1O. The Hall–Kier alpha value is -0.710. The van der Waals surface area contributed by atoms with Crippen molar-refractivity contribution in [2.24, 2.45) is 5.92 Å². The first-order valence-electron chi connectivity index (χ1n) is 3.36. The van der Waals surface area contributed by atoms with E-state index in [1.165, 1.54) is 12.2 Å². The molecule has 0 radical (unpaired) electrons. The Morgan fingerprint density at radius 3 is 2.64 bits per heavy atom. The fourth-order valence-electron chi connectivity index (χ4n) is 1.00. The van der Waals surface area contributed by atoms with Crippen molar-refractivity contribution in [3.63, 3.8) is 0 Å². The standard InChI is InChI=1S/C7H10O4/c8-3-4-1-2-5(9)7(11)6(4)10/h1-2,4,6-8,10-11H,3H2. The van der Waals surface area contributed by atoms with E-state index in [9.17, 15) is 4.79 Å². The van der Waals surface area contributed by atoms with Gasteiger partial charge in [0.25, 0.3) is 0 Å². The smallest absolute Gasteiger partial charge is 0.186 e. The van der Waals surface area contributed by atoms with Crippen LogP contribution in [0.5, 0.6) is 0 Å². The van der Waals surface area contributed by atoms with Gasteiger partial charge in [-0.25, -0.2) is 0 Å². The molecule has 0 spiro atoms. The molecule has 3 unspecified atom stereocenters. The van der Waals surface area contributed by atoms with Crippen molar-refractivity contribution >= 4 is 5.78 Å². The van der Waals surface area contributed by atoms with Gasteiger partial charge in [-0.2, -0.15) is 0 Å². The van der Waals surface area contributed by atoms with Crippen LogP contribution in [0, 0.1) is 5.92 Å². The molecule has 0 aromatic rings. The van der Waals surface area contributed by atoms with Gasteiger partial charge in [0.05, 0.1) is 12.7 Å². The summed E-state index contributed by atoms with van der Waals surface area (Å²) in [5.74, 6) is -1.04. The van der Waals surface area contributed by atoms with Crippen molar-refractivity contribution in [1.29, 1.82) is 0 Å². The van der Waals surface area contributed by atoms with Gasteiger partial charge in [-0.05, 0) is 6.08 Å². The molecule has 0 aliphatic heterocycles. The predicted octanol–water partition coefficient (Wildman–Crippen LogP) is -1.54. The van der Waals surface area contributed by atoms with Crippen LogP contribution >= 0.6 is 0 Å². The quantitative estimate of drug-likeness (QED) is 0.432. The molecule has 0 aromatic heterocycles. The van der Waals surface area contributed by atoms with Crippen molar-refractivity contribution < 1.29 is 20.1 Å². The zero-order valence-corrected chi connectivity index (χ0v) is 5.84. The molecule has 4 heteroatoms. The number of carbonyl (C=O) groups excluding carboxylic acids is 1. The molecule has 11 heavy (non-hydrogen) atoms. The van der Waals surface area contributed by atoms with E-state index in [4.69, 9.17) is 15.3 Å². The maximum atomic E-state index is 10.7. The van der Waals surface area contributed by atoms with Gasteiger partial charge in [-0.3, -0.25) is 4.79 Å². The minimum absolute atomic E-state index is 0.262. The first-order valence-corrected chi connectivity index (χ1v) is 3.36. The second-order valence-corrected chi connectivity index (χ2v) is 2.54. The summed E-state index contributed by atoms with van der Waals surface area (Å²) in [5, 5.41) is 26.7. The van der Waals surface area contributed by atoms with E-state index in [2.05, 4.69) is 0 Å². The lowest BCUT2D eigenvalue weighted by molar-refractivity contribution is -0.131. The molecule has 3 atom stereocenters. The van der Waals surface area contributed by atoms with Crippen LogP contribution in [0.15, 0.2) is 12.2 Å². The number of aliphatic hydroxyl groups is 3. The highest BCUT2D eigenvalue weighted by Crippen LogP contribution is 2.15. The van der Waals surface area contributed by atoms with Crippen LogP contribution in [-0.4, -0.2) is 39.9 Å². The van der Waals surface area contributed by atoms with Gasteiger partial charge in [-0.15, -0.1) is 0 Å². The third-order valence-corrected chi connectivity index (χ3v) is 1.77. The zero-order valence-electron chi connectivity index (χ0n) is 5.84. The monoisotopic (exact) mass is 158 g/mol. The maximum Gasteiger partial charge on any atom is 0.186 e. The first-order chi connectivity index (χ1) is 5.16. The minimum Gasteiger partial charge on any atom is -0.396 e. The van der Waals surface area contributed by atoms with Gasteiger partial charge in [0.15, 0.2) is 5.78 Å². The topological polar surface area (TPSA) is 77.8 Å². The lowest BCUT2D eigenvalue weighted by Crippen LogP contribution is -2.42. The average Bonchev–Trinajstić information content (AvgIpc) is 2.01. The molecule has 0 saturated heterocycles. The zero-order chi connectivity index (χ0) is 8.43. The fourth-order valence-corrected chi connectivity index (χ4v) is 1.00. The molecule has 3 N–H and O–H groups in total. The first kappa shape index (κ1) is 8.39. The molecule has 0 amide bonds. The highest BCUT2D eigenvalue weighted by molar-refractivity contribution is 5.94. The Kier molecular flexibility index (Phi) is 2.38. The number of hydrogen-bond acceptors (Lipinski definition) is 4.